The maximum Gasteiger partial charge on any atom is 0.0546 e. The van der Waals surface area contributed by atoms with Gasteiger partial charge in [0.1, 0.15) is 0 Å². The maximum absolute atomic E-state index is 5.74. The van der Waals surface area contributed by atoms with Crippen LogP contribution in [0.15, 0.2) is 0 Å². The molecule has 0 aliphatic carbocycles. The predicted molar refractivity (Wildman–Crippen MR) is 81.5 cm³/mol. The Morgan fingerprint density at radius 2 is 2.28 bits per heavy atom. The molecule has 2 atom stereocenters. The molecule has 1 rings (SSSR count). The molecule has 0 radical (unpaired) electrons. The molecule has 1 N–H and O–H groups in total. The van der Waals surface area contributed by atoms with Crippen LogP contribution in [-0.2, 0) is 4.74 Å². The molecule has 0 aromatic carbocycles. The minimum Gasteiger partial charge on any atom is -0.381 e. The van der Waals surface area contributed by atoms with E-state index in [4.69, 9.17) is 4.74 Å². The quantitative estimate of drug-likeness (QED) is 0.732. The molecule has 1 aliphatic heterocycles. The summed E-state index contributed by atoms with van der Waals surface area (Å²) in [7, 11) is 4.33. The Labute approximate surface area is 117 Å². The summed E-state index contributed by atoms with van der Waals surface area (Å²) in [6, 6.07) is 0.690. The zero-order valence-electron chi connectivity index (χ0n) is 12.5. The molecule has 2 unspecified atom stereocenters. The Bertz CT molecular complexity index is 214. The third-order valence-corrected chi connectivity index (χ3v) is 4.71. The minimum absolute atomic E-state index is 0.313. The first kappa shape index (κ1) is 16.3. The number of ether oxygens (including phenoxy) is 1. The van der Waals surface area contributed by atoms with Crippen LogP contribution in [0.2, 0.25) is 0 Å². The fourth-order valence-corrected chi connectivity index (χ4v) is 3.89. The Morgan fingerprint density at radius 3 is 2.78 bits per heavy atom. The first-order valence-corrected chi connectivity index (χ1v) is 8.48. The standard InChI is InChI=1S/C14H30N2OS/c1-5-13(9-18-4)16(3)11-14(10-15-2)7-6-8-17-12-14/h13,15H,5-12H2,1-4H3. The third-order valence-electron chi connectivity index (χ3n) is 3.99. The van der Waals surface area contributed by atoms with Gasteiger partial charge in [0.15, 0.2) is 0 Å². The average Bonchev–Trinajstić information content (AvgIpc) is 2.37. The highest BCUT2D eigenvalue weighted by atomic mass is 32.2. The highest BCUT2D eigenvalue weighted by Crippen LogP contribution is 2.29. The molecular weight excluding hydrogens is 244 g/mol. The number of hydrogen-bond acceptors (Lipinski definition) is 4. The van der Waals surface area contributed by atoms with E-state index in [0.717, 1.165) is 26.3 Å². The third kappa shape index (κ3) is 4.72. The maximum atomic E-state index is 5.74. The number of nitrogens with one attached hydrogen (secondary N) is 1. The monoisotopic (exact) mass is 274 g/mol. The highest BCUT2D eigenvalue weighted by molar-refractivity contribution is 7.98. The topological polar surface area (TPSA) is 24.5 Å². The van der Waals surface area contributed by atoms with E-state index in [1.54, 1.807) is 0 Å². The Balaban J connectivity index is 2.58. The summed E-state index contributed by atoms with van der Waals surface area (Å²) in [5.41, 5.74) is 0.313. The van der Waals surface area contributed by atoms with Crippen molar-refractivity contribution in [3.8, 4) is 0 Å². The van der Waals surface area contributed by atoms with Crippen LogP contribution in [0.4, 0.5) is 0 Å². The summed E-state index contributed by atoms with van der Waals surface area (Å²) < 4.78 is 5.74. The van der Waals surface area contributed by atoms with Gasteiger partial charge < -0.3 is 15.0 Å². The van der Waals surface area contributed by atoms with Crippen molar-refractivity contribution < 1.29 is 4.74 Å². The van der Waals surface area contributed by atoms with Crippen LogP contribution in [0, 0.1) is 5.41 Å². The highest BCUT2D eigenvalue weighted by Gasteiger charge is 2.34. The normalized spacial score (nSPS) is 26.5. The molecule has 1 saturated heterocycles. The van der Waals surface area contributed by atoms with Crippen LogP contribution in [0.25, 0.3) is 0 Å². The average molecular weight is 274 g/mol. The molecule has 1 aliphatic rings. The van der Waals surface area contributed by atoms with Crippen molar-refractivity contribution in [2.45, 2.75) is 32.2 Å². The van der Waals surface area contributed by atoms with Crippen molar-refractivity contribution in [1.29, 1.82) is 0 Å². The SMILES string of the molecule is CCC(CSC)N(C)CC1(CNC)CCCOC1. The lowest BCUT2D eigenvalue weighted by Crippen LogP contribution is -2.50. The van der Waals surface area contributed by atoms with Gasteiger partial charge in [-0.3, -0.25) is 0 Å². The van der Waals surface area contributed by atoms with Crippen LogP contribution in [-0.4, -0.2) is 63.3 Å². The van der Waals surface area contributed by atoms with Gasteiger partial charge in [-0.25, -0.2) is 0 Å². The summed E-state index contributed by atoms with van der Waals surface area (Å²) in [6.45, 7) is 6.35. The van der Waals surface area contributed by atoms with Crippen LogP contribution < -0.4 is 5.32 Å². The summed E-state index contributed by atoms with van der Waals surface area (Å²) >= 11 is 1.95. The van der Waals surface area contributed by atoms with Gasteiger partial charge in [0.2, 0.25) is 0 Å². The van der Waals surface area contributed by atoms with E-state index in [1.165, 1.54) is 25.0 Å². The largest absolute Gasteiger partial charge is 0.381 e. The Morgan fingerprint density at radius 1 is 1.50 bits per heavy atom. The molecule has 4 heteroatoms. The van der Waals surface area contributed by atoms with Gasteiger partial charge in [0.25, 0.3) is 0 Å². The zero-order valence-corrected chi connectivity index (χ0v) is 13.3. The van der Waals surface area contributed by atoms with E-state index in [9.17, 15) is 0 Å². The van der Waals surface area contributed by atoms with Gasteiger partial charge in [-0.2, -0.15) is 11.8 Å². The predicted octanol–water partition coefficient (Wildman–Crippen LogP) is 2.08. The van der Waals surface area contributed by atoms with Crippen LogP contribution in [0.1, 0.15) is 26.2 Å². The molecule has 18 heavy (non-hydrogen) atoms. The lowest BCUT2D eigenvalue weighted by atomic mass is 9.81. The molecule has 0 amide bonds. The number of hydrogen-bond donors (Lipinski definition) is 1. The molecule has 0 spiro atoms. The van der Waals surface area contributed by atoms with Crippen molar-refractivity contribution in [3.63, 3.8) is 0 Å². The number of nitrogens with zero attached hydrogens (tertiary/aromatic N) is 1. The van der Waals surface area contributed by atoms with E-state index in [2.05, 4.69) is 37.5 Å². The van der Waals surface area contributed by atoms with Crippen molar-refractivity contribution in [3.05, 3.63) is 0 Å². The van der Waals surface area contributed by atoms with Crippen molar-refractivity contribution >= 4 is 11.8 Å². The van der Waals surface area contributed by atoms with Crippen LogP contribution in [0.3, 0.4) is 0 Å². The zero-order chi connectivity index (χ0) is 13.4. The molecule has 1 heterocycles. The van der Waals surface area contributed by atoms with Crippen LogP contribution >= 0.6 is 11.8 Å². The fraction of sp³-hybridized carbons (Fsp3) is 1.00. The molecule has 3 nitrogen and oxygen atoms in total. The summed E-state index contributed by atoms with van der Waals surface area (Å²) in [4.78, 5) is 2.54. The van der Waals surface area contributed by atoms with Gasteiger partial charge in [-0.1, -0.05) is 6.92 Å². The fourth-order valence-electron chi connectivity index (χ4n) is 3.01. The molecule has 108 valence electrons. The molecule has 0 saturated carbocycles. The second-order valence-corrected chi connectivity index (χ2v) is 6.53. The summed E-state index contributed by atoms with van der Waals surface area (Å²) in [5, 5.41) is 3.36. The van der Waals surface area contributed by atoms with Gasteiger partial charge >= 0.3 is 0 Å². The van der Waals surface area contributed by atoms with Gasteiger partial charge in [-0.15, -0.1) is 0 Å². The summed E-state index contributed by atoms with van der Waals surface area (Å²) in [5.74, 6) is 1.23. The van der Waals surface area contributed by atoms with Crippen LogP contribution in [0.5, 0.6) is 0 Å². The second-order valence-electron chi connectivity index (χ2n) is 5.62. The van der Waals surface area contributed by atoms with Gasteiger partial charge in [0.05, 0.1) is 6.61 Å². The van der Waals surface area contributed by atoms with Crippen molar-refractivity contribution in [1.82, 2.24) is 10.2 Å². The van der Waals surface area contributed by atoms with E-state index in [0.29, 0.717) is 11.5 Å². The molecule has 1 fully saturated rings. The molecule has 0 aromatic heterocycles. The molecular formula is C14H30N2OS. The number of thioether (sulfide) groups is 1. The smallest absolute Gasteiger partial charge is 0.0546 e. The van der Waals surface area contributed by atoms with E-state index < -0.39 is 0 Å². The van der Waals surface area contributed by atoms with Crippen molar-refractivity contribution in [2.24, 2.45) is 5.41 Å². The summed E-state index contributed by atoms with van der Waals surface area (Å²) in [6.07, 6.45) is 5.92. The Hall–Kier alpha value is 0.230. The van der Waals surface area contributed by atoms with Gasteiger partial charge in [-0.05, 0) is 39.6 Å². The second kappa shape index (κ2) is 8.41. The van der Waals surface area contributed by atoms with E-state index in [1.807, 2.05) is 11.8 Å². The van der Waals surface area contributed by atoms with Crippen molar-refractivity contribution in [2.75, 3.05) is 52.4 Å². The minimum atomic E-state index is 0.313. The molecule has 0 bridgehead atoms. The first-order chi connectivity index (χ1) is 8.67. The van der Waals surface area contributed by atoms with E-state index >= 15 is 0 Å². The number of rotatable bonds is 8. The van der Waals surface area contributed by atoms with E-state index in [-0.39, 0.29) is 0 Å². The lowest BCUT2D eigenvalue weighted by Gasteiger charge is -2.42. The van der Waals surface area contributed by atoms with Gasteiger partial charge in [0, 0.05) is 36.9 Å². The Kier molecular flexibility index (Phi) is 7.61. The first-order valence-electron chi connectivity index (χ1n) is 7.09. The molecule has 0 aromatic rings. The lowest BCUT2D eigenvalue weighted by molar-refractivity contribution is -0.0263.